The lowest BCUT2D eigenvalue weighted by molar-refractivity contribution is -0.227. The number of aliphatic hydroxyl groups is 4. The Kier molecular flexibility index (Phi) is 2.99. The summed E-state index contributed by atoms with van der Waals surface area (Å²) in [6.45, 7) is -0.446. The highest BCUT2D eigenvalue weighted by Gasteiger charge is 2.41. The van der Waals surface area contributed by atoms with Gasteiger partial charge in [-0.1, -0.05) is 0 Å². The van der Waals surface area contributed by atoms with Gasteiger partial charge in [-0.2, -0.15) is 0 Å². The quantitative estimate of drug-likeness (QED) is 0.288. The molecule has 1 aliphatic rings. The zero-order chi connectivity index (χ0) is 9.30. The van der Waals surface area contributed by atoms with Gasteiger partial charge in [-0.25, -0.2) is 0 Å². The molecular formula is C6H13NO5. The minimum atomic E-state index is -1.37. The molecule has 0 spiro atoms. The Morgan fingerprint density at radius 1 is 1.08 bits per heavy atom. The van der Waals surface area contributed by atoms with Gasteiger partial charge in [-0.3, -0.25) is 0 Å². The minimum absolute atomic E-state index is 0.446. The lowest BCUT2D eigenvalue weighted by Crippen LogP contribution is -2.61. The van der Waals surface area contributed by atoms with E-state index in [2.05, 4.69) is 0 Å². The summed E-state index contributed by atoms with van der Waals surface area (Å²) in [7, 11) is 0. The number of rotatable bonds is 1. The van der Waals surface area contributed by atoms with E-state index in [1.54, 1.807) is 0 Å². The van der Waals surface area contributed by atoms with Crippen LogP contribution in [0.5, 0.6) is 0 Å². The van der Waals surface area contributed by atoms with Crippen LogP contribution in [-0.4, -0.2) is 57.7 Å². The number of ether oxygens (including phenoxy) is 1. The lowest BCUT2D eigenvalue weighted by Gasteiger charge is -2.38. The first-order valence-electron chi connectivity index (χ1n) is 3.64. The fourth-order valence-corrected chi connectivity index (χ4v) is 1.13. The van der Waals surface area contributed by atoms with E-state index in [9.17, 15) is 5.11 Å². The van der Waals surface area contributed by atoms with Gasteiger partial charge in [0.25, 0.3) is 0 Å². The lowest BCUT2D eigenvalue weighted by atomic mass is 9.99. The molecule has 0 amide bonds. The Hall–Kier alpha value is -0.240. The normalized spacial score (nSPS) is 49.2. The maximum absolute atomic E-state index is 9.18. The van der Waals surface area contributed by atoms with Gasteiger partial charge in [0.1, 0.15) is 30.6 Å². The predicted molar refractivity (Wildman–Crippen MR) is 38.0 cm³/mol. The first-order chi connectivity index (χ1) is 5.57. The summed E-state index contributed by atoms with van der Waals surface area (Å²) in [5.41, 5.74) is 5.24. The zero-order valence-corrected chi connectivity index (χ0v) is 6.37. The highest BCUT2D eigenvalue weighted by Crippen LogP contribution is 2.17. The van der Waals surface area contributed by atoms with Crippen LogP contribution in [0.4, 0.5) is 0 Å². The molecule has 72 valence electrons. The van der Waals surface area contributed by atoms with E-state index in [1.807, 2.05) is 0 Å². The SMILES string of the molecule is N[C@H]1OC(CO)[C@@H](O)C(O)C1O. The van der Waals surface area contributed by atoms with E-state index in [-0.39, 0.29) is 0 Å². The number of aliphatic hydroxyl groups excluding tert-OH is 4. The molecule has 0 aromatic rings. The van der Waals surface area contributed by atoms with Crippen molar-refractivity contribution in [1.82, 2.24) is 0 Å². The largest absolute Gasteiger partial charge is 0.394 e. The molecule has 1 rings (SSSR count). The Morgan fingerprint density at radius 2 is 1.67 bits per heavy atom. The van der Waals surface area contributed by atoms with Crippen LogP contribution >= 0.6 is 0 Å². The summed E-state index contributed by atoms with van der Waals surface area (Å²) < 4.78 is 4.80. The average Bonchev–Trinajstić information content (AvgIpc) is 2.08. The molecule has 1 aliphatic heterocycles. The van der Waals surface area contributed by atoms with Gasteiger partial charge < -0.3 is 30.9 Å². The number of nitrogens with two attached hydrogens (primary N) is 1. The monoisotopic (exact) mass is 179 g/mol. The Labute approximate surface area is 69.2 Å². The van der Waals surface area contributed by atoms with E-state index in [1.165, 1.54) is 0 Å². The molecule has 5 atom stereocenters. The summed E-state index contributed by atoms with van der Waals surface area (Å²) in [6, 6.07) is 0. The van der Waals surface area contributed by atoms with Crippen molar-refractivity contribution >= 4 is 0 Å². The van der Waals surface area contributed by atoms with E-state index >= 15 is 0 Å². The highest BCUT2D eigenvalue weighted by atomic mass is 16.6. The van der Waals surface area contributed by atoms with Crippen molar-refractivity contribution in [1.29, 1.82) is 0 Å². The topological polar surface area (TPSA) is 116 Å². The zero-order valence-electron chi connectivity index (χ0n) is 6.37. The highest BCUT2D eigenvalue weighted by molar-refractivity contribution is 4.89. The molecule has 0 saturated carbocycles. The van der Waals surface area contributed by atoms with Crippen LogP contribution in [0.1, 0.15) is 0 Å². The maximum Gasteiger partial charge on any atom is 0.135 e. The molecule has 0 aromatic heterocycles. The Bertz CT molecular complexity index is 150. The summed E-state index contributed by atoms with van der Waals surface area (Å²) in [4.78, 5) is 0. The van der Waals surface area contributed by atoms with Crippen LogP contribution in [0.25, 0.3) is 0 Å². The van der Waals surface area contributed by atoms with Crippen molar-refractivity contribution in [2.24, 2.45) is 5.73 Å². The molecule has 1 heterocycles. The molecule has 6 N–H and O–H groups in total. The van der Waals surface area contributed by atoms with Gasteiger partial charge in [-0.05, 0) is 0 Å². The second-order valence-electron chi connectivity index (χ2n) is 2.79. The van der Waals surface area contributed by atoms with Crippen LogP contribution in [0.15, 0.2) is 0 Å². The third kappa shape index (κ3) is 1.58. The van der Waals surface area contributed by atoms with Gasteiger partial charge in [0.2, 0.25) is 0 Å². The molecule has 3 unspecified atom stereocenters. The molecule has 0 bridgehead atoms. The molecule has 0 radical (unpaired) electrons. The van der Waals surface area contributed by atoms with Gasteiger partial charge >= 0.3 is 0 Å². The molecule has 0 aromatic carbocycles. The molecule has 1 saturated heterocycles. The molecule has 12 heavy (non-hydrogen) atoms. The Morgan fingerprint density at radius 3 is 2.17 bits per heavy atom. The molecule has 6 heteroatoms. The minimum Gasteiger partial charge on any atom is -0.394 e. The first kappa shape index (κ1) is 9.85. The number of hydrogen-bond donors (Lipinski definition) is 5. The van der Waals surface area contributed by atoms with E-state index in [0.717, 1.165) is 0 Å². The fraction of sp³-hybridized carbons (Fsp3) is 1.00. The summed E-state index contributed by atoms with van der Waals surface area (Å²) in [5.74, 6) is 0. The van der Waals surface area contributed by atoms with E-state index in [0.29, 0.717) is 0 Å². The third-order valence-corrected chi connectivity index (χ3v) is 1.93. The second kappa shape index (κ2) is 3.65. The second-order valence-corrected chi connectivity index (χ2v) is 2.79. The fourth-order valence-electron chi connectivity index (χ4n) is 1.13. The first-order valence-corrected chi connectivity index (χ1v) is 3.64. The van der Waals surface area contributed by atoms with E-state index in [4.69, 9.17) is 25.8 Å². The Balaban J connectivity index is 2.63. The smallest absolute Gasteiger partial charge is 0.135 e. The third-order valence-electron chi connectivity index (χ3n) is 1.93. The molecular weight excluding hydrogens is 166 g/mol. The van der Waals surface area contributed by atoms with Crippen molar-refractivity contribution in [3.05, 3.63) is 0 Å². The summed E-state index contributed by atoms with van der Waals surface area (Å²) in [5, 5.41) is 36.1. The van der Waals surface area contributed by atoms with Gasteiger partial charge in [0.15, 0.2) is 0 Å². The van der Waals surface area contributed by atoms with Crippen molar-refractivity contribution in [3.8, 4) is 0 Å². The van der Waals surface area contributed by atoms with Crippen molar-refractivity contribution < 1.29 is 25.2 Å². The van der Waals surface area contributed by atoms with Crippen LogP contribution < -0.4 is 5.73 Å². The predicted octanol–water partition coefficient (Wildman–Crippen LogP) is -3.25. The summed E-state index contributed by atoms with van der Waals surface area (Å²) >= 11 is 0. The molecule has 0 aliphatic carbocycles. The van der Waals surface area contributed by atoms with E-state index < -0.39 is 37.3 Å². The van der Waals surface area contributed by atoms with Crippen molar-refractivity contribution in [2.45, 2.75) is 30.6 Å². The number of hydrogen-bond acceptors (Lipinski definition) is 6. The standard InChI is InChI=1S/C6H13NO5/c7-6-5(11)4(10)3(9)2(1-8)12-6/h2-6,8-11H,1,7H2/t2?,3-,4?,5?,6+/m1/s1. The summed E-state index contributed by atoms with van der Waals surface area (Å²) in [6.07, 6.45) is -5.99. The maximum atomic E-state index is 9.18. The van der Waals surface area contributed by atoms with Crippen LogP contribution in [0, 0.1) is 0 Å². The van der Waals surface area contributed by atoms with Crippen LogP contribution in [0.3, 0.4) is 0 Å². The molecule has 6 nitrogen and oxygen atoms in total. The van der Waals surface area contributed by atoms with Crippen molar-refractivity contribution in [3.63, 3.8) is 0 Å². The van der Waals surface area contributed by atoms with Gasteiger partial charge in [0.05, 0.1) is 6.61 Å². The van der Waals surface area contributed by atoms with Crippen LogP contribution in [-0.2, 0) is 4.74 Å². The van der Waals surface area contributed by atoms with Crippen molar-refractivity contribution in [2.75, 3.05) is 6.61 Å². The van der Waals surface area contributed by atoms with Crippen LogP contribution in [0.2, 0.25) is 0 Å². The molecule has 1 fully saturated rings. The van der Waals surface area contributed by atoms with Gasteiger partial charge in [-0.15, -0.1) is 0 Å². The average molecular weight is 179 g/mol. The van der Waals surface area contributed by atoms with Gasteiger partial charge in [0, 0.05) is 0 Å².